The Morgan fingerprint density at radius 3 is 2.54 bits per heavy atom. The molecule has 0 spiro atoms. The summed E-state index contributed by atoms with van der Waals surface area (Å²) in [5, 5.41) is 10.00. The molecule has 1 aromatic heterocycles. The topological polar surface area (TPSA) is 125 Å². The van der Waals surface area contributed by atoms with E-state index in [1.165, 1.54) is 17.3 Å². The molecule has 0 saturated carbocycles. The largest absolute Gasteiger partial charge is 0.492 e. The van der Waals surface area contributed by atoms with Crippen molar-refractivity contribution in [1.29, 1.82) is 0 Å². The quantitative estimate of drug-likeness (QED) is 0.114. The van der Waals surface area contributed by atoms with Gasteiger partial charge in [-0.1, -0.05) is 19.9 Å². The highest BCUT2D eigenvalue weighted by Crippen LogP contribution is 2.34. The molecule has 210 valence electrons. The van der Waals surface area contributed by atoms with Gasteiger partial charge in [0.15, 0.2) is 7.05 Å². The molecule has 0 unspecified atom stereocenters. The molecular weight excluding hydrogens is 511 g/mol. The Bertz CT molecular complexity index is 1350. The fourth-order valence-corrected chi connectivity index (χ4v) is 3.79. The standard InChI is InChI=1S/C27H34F3N7O2/c1-16(2)33-8-9-39-22-12-20(27(28,29)30)11-21(13-22)35-26(38)19-7-6-17(3)25(10-19)37(32)15-24(31)23-14-34-36(5)18(23)4/h6-7,10-16,33H,8-9,31-32H2,1-5H3,(H,35,38)/p+1. The number of aromatic amines is 1. The molecule has 0 aliphatic carbocycles. The van der Waals surface area contributed by atoms with Crippen LogP contribution in [-0.4, -0.2) is 30.2 Å². The van der Waals surface area contributed by atoms with Crippen molar-refractivity contribution in [2.75, 3.05) is 23.5 Å². The number of nitrogens with zero attached hydrogens (tertiary/aromatic N) is 2. The number of halogens is 3. The summed E-state index contributed by atoms with van der Waals surface area (Å²) in [5.74, 6) is 5.65. The van der Waals surface area contributed by atoms with Crippen molar-refractivity contribution in [3.05, 3.63) is 76.7 Å². The van der Waals surface area contributed by atoms with E-state index < -0.39 is 17.6 Å². The second kappa shape index (κ2) is 12.2. The molecule has 12 heteroatoms. The molecule has 39 heavy (non-hydrogen) atoms. The Morgan fingerprint density at radius 2 is 1.92 bits per heavy atom. The third-order valence-corrected chi connectivity index (χ3v) is 6.05. The van der Waals surface area contributed by atoms with Gasteiger partial charge in [-0.3, -0.25) is 9.80 Å². The summed E-state index contributed by atoms with van der Waals surface area (Å²) in [7, 11) is 1.85. The van der Waals surface area contributed by atoms with Crippen LogP contribution < -0.4 is 36.6 Å². The minimum atomic E-state index is -4.62. The fourth-order valence-electron chi connectivity index (χ4n) is 3.79. The van der Waals surface area contributed by atoms with Gasteiger partial charge in [0.2, 0.25) is 5.69 Å². The van der Waals surface area contributed by atoms with Crippen molar-refractivity contribution in [3.8, 4) is 5.75 Å². The van der Waals surface area contributed by atoms with Crippen LogP contribution in [0.15, 0.2) is 48.8 Å². The summed E-state index contributed by atoms with van der Waals surface area (Å²) in [4.78, 5) is 13.0. The Labute approximate surface area is 225 Å². The summed E-state index contributed by atoms with van der Waals surface area (Å²) in [5.41, 5.74) is 8.79. The van der Waals surface area contributed by atoms with Gasteiger partial charge in [0.05, 0.1) is 28.7 Å². The number of carbonyl (C=O) groups excluding carboxylic acids is 1. The van der Waals surface area contributed by atoms with Gasteiger partial charge in [0.25, 0.3) is 5.91 Å². The SMILES string of the molecule is Cc1ccc(C(=O)Nc2cc(OCCNC(C)C)cc(C(F)(F)F)c2)cc1N(N)C=C(N)c1c[nH][n+](C)c1C. The van der Waals surface area contributed by atoms with E-state index in [0.717, 1.165) is 29.0 Å². The number of benzene rings is 2. The first kappa shape index (κ1) is 29.5. The van der Waals surface area contributed by atoms with E-state index in [0.29, 0.717) is 17.9 Å². The second-order valence-electron chi connectivity index (χ2n) is 9.48. The van der Waals surface area contributed by atoms with Crippen molar-refractivity contribution in [3.63, 3.8) is 0 Å². The van der Waals surface area contributed by atoms with Crippen molar-refractivity contribution >= 4 is 23.0 Å². The first-order chi connectivity index (χ1) is 18.3. The molecule has 0 aliphatic heterocycles. The highest BCUT2D eigenvalue weighted by molar-refractivity contribution is 6.05. The molecule has 0 saturated heterocycles. The van der Waals surface area contributed by atoms with Crippen molar-refractivity contribution < 1.29 is 27.4 Å². The van der Waals surface area contributed by atoms with Crippen molar-refractivity contribution in [2.45, 2.75) is 39.9 Å². The number of hydrogen-bond acceptors (Lipinski definition) is 6. The van der Waals surface area contributed by atoms with E-state index >= 15 is 0 Å². The summed E-state index contributed by atoms with van der Waals surface area (Å²) in [6.45, 7) is 8.23. The van der Waals surface area contributed by atoms with Gasteiger partial charge >= 0.3 is 6.18 Å². The molecule has 3 rings (SSSR count). The number of H-pyrrole nitrogens is 1. The average Bonchev–Trinajstić information content (AvgIpc) is 3.19. The van der Waals surface area contributed by atoms with Gasteiger partial charge in [0.1, 0.15) is 12.4 Å². The van der Waals surface area contributed by atoms with Crippen LogP contribution in [0.3, 0.4) is 0 Å². The Hall–Kier alpha value is -4.03. The van der Waals surface area contributed by atoms with Crippen LogP contribution in [0.25, 0.3) is 5.70 Å². The first-order valence-electron chi connectivity index (χ1n) is 12.3. The van der Waals surface area contributed by atoms with Gasteiger partial charge in [0, 0.05) is 43.0 Å². The monoisotopic (exact) mass is 546 g/mol. The van der Waals surface area contributed by atoms with E-state index in [2.05, 4.69) is 15.7 Å². The van der Waals surface area contributed by atoms with Crippen LogP contribution in [0.1, 0.15) is 46.6 Å². The number of nitrogens with two attached hydrogens (primary N) is 2. The number of alkyl halides is 3. The van der Waals surface area contributed by atoms with E-state index in [1.54, 1.807) is 29.1 Å². The fraction of sp³-hybridized carbons (Fsp3) is 0.333. The van der Waals surface area contributed by atoms with Gasteiger partial charge in [-0.05, 0) is 36.8 Å². The van der Waals surface area contributed by atoms with Gasteiger partial charge in [-0.25, -0.2) is 5.84 Å². The minimum Gasteiger partial charge on any atom is -0.492 e. The molecular formula is C27H35F3N7O2+. The molecule has 1 amide bonds. The molecule has 0 bridgehead atoms. The smallest absolute Gasteiger partial charge is 0.416 e. The highest BCUT2D eigenvalue weighted by atomic mass is 19.4. The van der Waals surface area contributed by atoms with Crippen LogP contribution in [0.5, 0.6) is 5.75 Å². The summed E-state index contributed by atoms with van der Waals surface area (Å²) in [6, 6.07) is 8.14. The maximum atomic E-state index is 13.5. The molecule has 3 aromatic rings. The zero-order chi connectivity index (χ0) is 28.9. The highest BCUT2D eigenvalue weighted by Gasteiger charge is 2.31. The van der Waals surface area contributed by atoms with E-state index in [1.807, 2.05) is 34.7 Å². The van der Waals surface area contributed by atoms with Crippen LogP contribution in [0, 0.1) is 13.8 Å². The molecule has 9 nitrogen and oxygen atoms in total. The lowest BCUT2D eigenvalue weighted by molar-refractivity contribution is -0.732. The Morgan fingerprint density at radius 1 is 1.21 bits per heavy atom. The number of aryl methyl sites for hydroxylation is 2. The van der Waals surface area contributed by atoms with Crippen molar-refractivity contribution in [1.82, 2.24) is 10.4 Å². The number of nitrogens with one attached hydrogen (secondary N) is 3. The minimum absolute atomic E-state index is 0.00234. The third-order valence-electron chi connectivity index (χ3n) is 6.05. The molecule has 1 heterocycles. The lowest BCUT2D eigenvalue weighted by atomic mass is 10.1. The average molecular weight is 547 g/mol. The Balaban J connectivity index is 1.83. The zero-order valence-electron chi connectivity index (χ0n) is 22.6. The molecule has 7 N–H and O–H groups in total. The first-order valence-corrected chi connectivity index (χ1v) is 12.3. The van der Waals surface area contributed by atoms with Crippen LogP contribution in [0.2, 0.25) is 0 Å². The number of hydrazine groups is 1. The zero-order valence-corrected chi connectivity index (χ0v) is 22.6. The Kier molecular flexibility index (Phi) is 9.25. The predicted molar refractivity (Wildman–Crippen MR) is 145 cm³/mol. The van der Waals surface area contributed by atoms with Crippen LogP contribution in [-0.2, 0) is 13.2 Å². The number of aromatic nitrogens is 2. The maximum Gasteiger partial charge on any atom is 0.416 e. The van der Waals surface area contributed by atoms with E-state index in [4.69, 9.17) is 16.3 Å². The van der Waals surface area contributed by atoms with Crippen LogP contribution in [0.4, 0.5) is 24.5 Å². The molecule has 2 aromatic carbocycles. The van der Waals surface area contributed by atoms with E-state index in [-0.39, 0.29) is 29.6 Å². The van der Waals surface area contributed by atoms with E-state index in [9.17, 15) is 18.0 Å². The lowest BCUT2D eigenvalue weighted by Crippen LogP contribution is -2.33. The number of carbonyl (C=O) groups is 1. The third kappa shape index (κ3) is 7.74. The normalized spacial score (nSPS) is 12.1. The summed E-state index contributed by atoms with van der Waals surface area (Å²) in [6.07, 6.45) is -1.34. The van der Waals surface area contributed by atoms with Gasteiger partial charge in [-0.2, -0.15) is 18.3 Å². The second-order valence-corrected chi connectivity index (χ2v) is 9.48. The van der Waals surface area contributed by atoms with Crippen molar-refractivity contribution in [2.24, 2.45) is 18.6 Å². The molecule has 0 atom stereocenters. The lowest BCUT2D eigenvalue weighted by Gasteiger charge is -2.19. The molecule has 0 aliphatic rings. The number of ether oxygens (including phenoxy) is 1. The molecule has 0 fully saturated rings. The van der Waals surface area contributed by atoms with Crippen LogP contribution >= 0.6 is 0 Å². The molecule has 0 radical (unpaired) electrons. The summed E-state index contributed by atoms with van der Waals surface area (Å²) >= 11 is 0. The van der Waals surface area contributed by atoms with Gasteiger partial charge < -0.3 is 21.1 Å². The predicted octanol–water partition coefficient (Wildman–Crippen LogP) is 3.74. The van der Waals surface area contributed by atoms with Gasteiger partial charge in [-0.15, -0.1) is 4.68 Å². The maximum absolute atomic E-state index is 13.5. The summed E-state index contributed by atoms with van der Waals surface area (Å²) < 4.78 is 47.9. The number of anilines is 2. The number of rotatable bonds is 10. The number of hydrogen-bond donors (Lipinski definition) is 5. The number of amides is 1.